The van der Waals surface area contributed by atoms with Crippen LogP contribution in [0.15, 0.2) is 4.42 Å². The highest BCUT2D eigenvalue weighted by molar-refractivity contribution is 5.92. The van der Waals surface area contributed by atoms with Gasteiger partial charge in [-0.25, -0.2) is 4.98 Å². The third-order valence-electron chi connectivity index (χ3n) is 3.58. The molecule has 118 valence electrons. The largest absolute Gasteiger partial charge is 0.481 e. The number of carboxylic acids is 1. The van der Waals surface area contributed by atoms with E-state index in [0.29, 0.717) is 30.5 Å². The lowest BCUT2D eigenvalue weighted by Gasteiger charge is -2.20. The molecule has 0 radical (unpaired) electrons. The SMILES string of the molecule is Cc1nc(C)c(C(=O)NCCC(CCC(=O)O)C(C)C)o1. The first-order valence-electron chi connectivity index (χ1n) is 7.25. The molecule has 0 bridgehead atoms. The second-order valence-corrected chi connectivity index (χ2v) is 5.63. The summed E-state index contributed by atoms with van der Waals surface area (Å²) in [6.45, 7) is 8.07. The third kappa shape index (κ3) is 5.57. The van der Waals surface area contributed by atoms with E-state index >= 15 is 0 Å². The van der Waals surface area contributed by atoms with E-state index in [1.165, 1.54) is 0 Å². The van der Waals surface area contributed by atoms with Crippen LogP contribution in [0.2, 0.25) is 0 Å². The molecule has 6 heteroatoms. The summed E-state index contributed by atoms with van der Waals surface area (Å²) in [7, 11) is 0. The fraction of sp³-hybridized carbons (Fsp3) is 0.667. The molecule has 0 saturated heterocycles. The van der Waals surface area contributed by atoms with Gasteiger partial charge in [-0.15, -0.1) is 0 Å². The molecule has 1 aromatic heterocycles. The summed E-state index contributed by atoms with van der Waals surface area (Å²) >= 11 is 0. The number of oxazole rings is 1. The topological polar surface area (TPSA) is 92.4 Å². The van der Waals surface area contributed by atoms with Crippen LogP contribution < -0.4 is 5.32 Å². The van der Waals surface area contributed by atoms with Crippen LogP contribution in [0.4, 0.5) is 0 Å². The molecular weight excluding hydrogens is 272 g/mol. The zero-order valence-corrected chi connectivity index (χ0v) is 13.1. The highest BCUT2D eigenvalue weighted by atomic mass is 16.4. The molecule has 21 heavy (non-hydrogen) atoms. The number of nitrogens with zero attached hydrogens (tertiary/aromatic N) is 1. The van der Waals surface area contributed by atoms with Crippen molar-refractivity contribution in [2.45, 2.75) is 47.0 Å². The predicted octanol–water partition coefficient (Wildman–Crippen LogP) is 2.55. The van der Waals surface area contributed by atoms with Crippen molar-refractivity contribution in [3.8, 4) is 0 Å². The minimum absolute atomic E-state index is 0.164. The molecule has 0 aliphatic rings. The Morgan fingerprint density at radius 2 is 1.95 bits per heavy atom. The zero-order chi connectivity index (χ0) is 16.0. The maximum Gasteiger partial charge on any atom is 0.303 e. The molecule has 1 amide bonds. The Bertz CT molecular complexity index is 494. The van der Waals surface area contributed by atoms with Gasteiger partial charge in [0.15, 0.2) is 5.89 Å². The molecule has 0 aliphatic carbocycles. The summed E-state index contributed by atoms with van der Waals surface area (Å²) in [5.41, 5.74) is 0.580. The molecule has 0 aromatic carbocycles. The first kappa shape index (κ1) is 17.2. The highest BCUT2D eigenvalue weighted by Gasteiger charge is 2.18. The number of aliphatic carboxylic acids is 1. The second kappa shape index (κ2) is 7.81. The van der Waals surface area contributed by atoms with Crippen LogP contribution in [-0.2, 0) is 4.79 Å². The normalized spacial score (nSPS) is 12.4. The summed E-state index contributed by atoms with van der Waals surface area (Å²) in [5, 5.41) is 11.6. The highest BCUT2D eigenvalue weighted by Crippen LogP contribution is 2.20. The number of carboxylic acid groups (broad SMARTS) is 1. The van der Waals surface area contributed by atoms with E-state index < -0.39 is 5.97 Å². The van der Waals surface area contributed by atoms with Crippen molar-refractivity contribution in [1.29, 1.82) is 0 Å². The van der Waals surface area contributed by atoms with Gasteiger partial charge in [0.25, 0.3) is 5.91 Å². The van der Waals surface area contributed by atoms with Crippen molar-refractivity contribution < 1.29 is 19.1 Å². The van der Waals surface area contributed by atoms with Crippen LogP contribution >= 0.6 is 0 Å². The van der Waals surface area contributed by atoms with E-state index in [9.17, 15) is 9.59 Å². The molecule has 0 aliphatic heterocycles. The van der Waals surface area contributed by atoms with Crippen LogP contribution in [0.1, 0.15) is 55.2 Å². The van der Waals surface area contributed by atoms with Crippen molar-refractivity contribution in [2.75, 3.05) is 6.54 Å². The second-order valence-electron chi connectivity index (χ2n) is 5.63. The Labute approximate surface area is 124 Å². The van der Waals surface area contributed by atoms with E-state index in [0.717, 1.165) is 6.42 Å². The summed E-state index contributed by atoms with van der Waals surface area (Å²) < 4.78 is 5.26. The van der Waals surface area contributed by atoms with Crippen LogP contribution in [0.25, 0.3) is 0 Å². The average Bonchev–Trinajstić information content (AvgIpc) is 2.71. The number of hydrogen-bond acceptors (Lipinski definition) is 4. The smallest absolute Gasteiger partial charge is 0.303 e. The minimum Gasteiger partial charge on any atom is -0.481 e. The van der Waals surface area contributed by atoms with Crippen molar-refractivity contribution in [2.24, 2.45) is 11.8 Å². The number of carbonyl (C=O) groups is 2. The minimum atomic E-state index is -0.780. The molecule has 0 fully saturated rings. The van der Waals surface area contributed by atoms with Gasteiger partial charge in [0.05, 0.1) is 5.69 Å². The predicted molar refractivity (Wildman–Crippen MR) is 78.1 cm³/mol. The van der Waals surface area contributed by atoms with Crippen molar-refractivity contribution >= 4 is 11.9 Å². The number of hydrogen-bond donors (Lipinski definition) is 2. The van der Waals surface area contributed by atoms with Gasteiger partial charge in [0.1, 0.15) is 0 Å². The average molecular weight is 296 g/mol. The lowest BCUT2D eigenvalue weighted by molar-refractivity contribution is -0.137. The Morgan fingerprint density at radius 1 is 1.29 bits per heavy atom. The van der Waals surface area contributed by atoms with Gasteiger partial charge in [0, 0.05) is 19.9 Å². The number of amides is 1. The van der Waals surface area contributed by atoms with Crippen molar-refractivity contribution in [3.05, 3.63) is 17.3 Å². The van der Waals surface area contributed by atoms with Crippen LogP contribution in [0.3, 0.4) is 0 Å². The molecule has 0 saturated carbocycles. The first-order valence-corrected chi connectivity index (χ1v) is 7.25. The standard InChI is InChI=1S/C15H24N2O4/c1-9(2)12(5-6-13(18)19)7-8-16-15(20)14-10(3)17-11(4)21-14/h9,12H,5-8H2,1-4H3,(H,16,20)(H,18,19). The summed E-state index contributed by atoms with van der Waals surface area (Å²) in [6, 6.07) is 0. The maximum atomic E-state index is 12.0. The monoisotopic (exact) mass is 296 g/mol. The van der Waals surface area contributed by atoms with Gasteiger partial charge >= 0.3 is 5.97 Å². The van der Waals surface area contributed by atoms with Gasteiger partial charge in [0.2, 0.25) is 5.76 Å². The Kier molecular flexibility index (Phi) is 6.39. The Balaban J connectivity index is 2.44. The van der Waals surface area contributed by atoms with Crippen LogP contribution in [0, 0.1) is 25.7 Å². The number of aryl methyl sites for hydroxylation is 2. The van der Waals surface area contributed by atoms with Crippen molar-refractivity contribution in [3.63, 3.8) is 0 Å². The molecule has 0 spiro atoms. The van der Waals surface area contributed by atoms with Gasteiger partial charge < -0.3 is 14.8 Å². The van der Waals surface area contributed by atoms with Gasteiger partial charge in [-0.05, 0) is 31.6 Å². The lowest BCUT2D eigenvalue weighted by atomic mass is 9.88. The molecule has 2 N–H and O–H groups in total. The molecule has 6 nitrogen and oxygen atoms in total. The summed E-state index contributed by atoms with van der Waals surface area (Å²) in [4.78, 5) is 26.7. The molecule has 1 rings (SSSR count). The lowest BCUT2D eigenvalue weighted by Crippen LogP contribution is -2.27. The fourth-order valence-corrected chi connectivity index (χ4v) is 2.31. The summed E-state index contributed by atoms with van der Waals surface area (Å²) in [5.74, 6) is 0.332. The Hall–Kier alpha value is -1.85. The Morgan fingerprint density at radius 3 is 2.43 bits per heavy atom. The number of rotatable bonds is 8. The van der Waals surface area contributed by atoms with E-state index in [-0.39, 0.29) is 24.0 Å². The quantitative estimate of drug-likeness (QED) is 0.769. The van der Waals surface area contributed by atoms with E-state index in [4.69, 9.17) is 9.52 Å². The molecular formula is C15H24N2O4. The first-order chi connectivity index (χ1) is 9.81. The van der Waals surface area contributed by atoms with Gasteiger partial charge in [-0.2, -0.15) is 0 Å². The maximum absolute atomic E-state index is 12.0. The van der Waals surface area contributed by atoms with E-state index in [1.807, 2.05) is 0 Å². The number of aromatic nitrogens is 1. The molecule has 1 atom stereocenters. The zero-order valence-electron chi connectivity index (χ0n) is 13.1. The number of nitrogens with one attached hydrogen (secondary N) is 1. The van der Waals surface area contributed by atoms with Crippen LogP contribution in [0.5, 0.6) is 0 Å². The third-order valence-corrected chi connectivity index (χ3v) is 3.58. The molecule has 1 aromatic rings. The van der Waals surface area contributed by atoms with Crippen molar-refractivity contribution in [1.82, 2.24) is 10.3 Å². The van der Waals surface area contributed by atoms with E-state index in [1.54, 1.807) is 13.8 Å². The molecule has 1 heterocycles. The van der Waals surface area contributed by atoms with Gasteiger partial charge in [-0.3, -0.25) is 9.59 Å². The molecule has 1 unspecified atom stereocenters. The van der Waals surface area contributed by atoms with E-state index in [2.05, 4.69) is 24.1 Å². The summed E-state index contributed by atoms with van der Waals surface area (Å²) in [6.07, 6.45) is 1.55. The number of carbonyl (C=O) groups excluding carboxylic acids is 1. The fourth-order valence-electron chi connectivity index (χ4n) is 2.31. The van der Waals surface area contributed by atoms with Crippen LogP contribution in [-0.4, -0.2) is 28.5 Å². The van der Waals surface area contributed by atoms with Gasteiger partial charge in [-0.1, -0.05) is 13.8 Å².